The number of hydrogen-bond donors (Lipinski definition) is 4. The summed E-state index contributed by atoms with van der Waals surface area (Å²) in [6.07, 6.45) is 8.46. The number of carbonyl (C=O) groups is 1. The van der Waals surface area contributed by atoms with Crippen molar-refractivity contribution in [3.63, 3.8) is 0 Å². The van der Waals surface area contributed by atoms with Crippen LogP contribution >= 0.6 is 0 Å². The van der Waals surface area contributed by atoms with Crippen LogP contribution in [0.25, 0.3) is 0 Å². The molecule has 4 N–H and O–H groups in total. The van der Waals surface area contributed by atoms with E-state index in [4.69, 9.17) is 4.98 Å². The zero-order valence-electron chi connectivity index (χ0n) is 23.4. The molecule has 0 radical (unpaired) electrons. The Hall–Kier alpha value is -3.72. The van der Waals surface area contributed by atoms with Gasteiger partial charge in [0.15, 0.2) is 0 Å². The summed E-state index contributed by atoms with van der Waals surface area (Å²) in [6, 6.07) is 14.0. The van der Waals surface area contributed by atoms with Crippen LogP contribution in [0, 0.1) is 0 Å². The third kappa shape index (κ3) is 6.88. The first-order valence-corrected chi connectivity index (χ1v) is 14.7. The molecule has 9 nitrogen and oxygen atoms in total. The molecule has 1 atom stereocenters. The van der Waals surface area contributed by atoms with Crippen molar-refractivity contribution in [3.05, 3.63) is 71.2 Å². The molecule has 1 fully saturated rings. The number of carboxylic acids is 1. The van der Waals surface area contributed by atoms with E-state index < -0.39 is 12.0 Å². The number of nitrogens with zero attached hydrogens (tertiary/aromatic N) is 4. The van der Waals surface area contributed by atoms with Gasteiger partial charge in [0.2, 0.25) is 0 Å². The van der Waals surface area contributed by atoms with Gasteiger partial charge in [-0.15, -0.1) is 0 Å². The highest BCUT2D eigenvalue weighted by molar-refractivity contribution is 5.74. The molecule has 0 saturated carbocycles. The molecule has 3 aromatic rings. The Kier molecular flexibility index (Phi) is 9.44. The summed E-state index contributed by atoms with van der Waals surface area (Å²) in [5.41, 5.74) is 4.80. The van der Waals surface area contributed by atoms with Crippen LogP contribution in [0.4, 0.5) is 17.5 Å². The Morgan fingerprint density at radius 2 is 1.98 bits per heavy atom. The van der Waals surface area contributed by atoms with Crippen LogP contribution in [-0.2, 0) is 24.1 Å². The van der Waals surface area contributed by atoms with Crippen molar-refractivity contribution < 1.29 is 9.90 Å². The van der Waals surface area contributed by atoms with Gasteiger partial charge < -0.3 is 26.0 Å². The monoisotopic (exact) mass is 543 g/mol. The van der Waals surface area contributed by atoms with E-state index in [1.807, 2.05) is 18.2 Å². The topological polar surface area (TPSA) is 115 Å². The minimum absolute atomic E-state index is 0.254. The highest BCUT2D eigenvalue weighted by Gasteiger charge is 2.26. The maximum atomic E-state index is 11.9. The van der Waals surface area contributed by atoms with Crippen LogP contribution in [0.5, 0.6) is 0 Å². The predicted molar refractivity (Wildman–Crippen MR) is 159 cm³/mol. The number of fused-ring (bicyclic) bond motifs is 1. The number of aromatic nitrogens is 3. The molecular weight excluding hydrogens is 502 g/mol. The molecule has 5 rings (SSSR count). The fourth-order valence-corrected chi connectivity index (χ4v) is 5.77. The molecule has 2 aliphatic rings. The second-order valence-electron chi connectivity index (χ2n) is 10.7. The number of aryl methyl sites for hydroxylation is 2. The number of rotatable bonds is 12. The van der Waals surface area contributed by atoms with Gasteiger partial charge in [-0.05, 0) is 68.7 Å². The maximum Gasteiger partial charge on any atom is 0.322 e. The van der Waals surface area contributed by atoms with Gasteiger partial charge in [-0.1, -0.05) is 43.3 Å². The van der Waals surface area contributed by atoms with Crippen molar-refractivity contribution in [1.29, 1.82) is 0 Å². The molecule has 0 amide bonds. The molecule has 2 aliphatic heterocycles. The number of anilines is 3. The summed E-state index contributed by atoms with van der Waals surface area (Å²) in [4.78, 5) is 28.4. The largest absolute Gasteiger partial charge is 0.480 e. The van der Waals surface area contributed by atoms with Gasteiger partial charge in [0.25, 0.3) is 0 Å². The average molecular weight is 544 g/mol. The fraction of sp³-hybridized carbons (Fsp3) is 0.484. The third-order valence-electron chi connectivity index (χ3n) is 8.05. The smallest absolute Gasteiger partial charge is 0.322 e. The molecule has 9 heteroatoms. The zero-order valence-corrected chi connectivity index (χ0v) is 23.4. The highest BCUT2D eigenvalue weighted by Crippen LogP contribution is 2.33. The number of carboxylic acid groups (broad SMARTS) is 1. The standard InChI is InChI=1S/C31H41N7O2/c1-2-25-29(34-20-27(31(39)40)32-16-6-10-22-8-4-3-5-9-22)35-21-36-30(25)38-18-14-23(15-19-38)26-13-12-24-11-7-17-33-28(24)37-26/h3-5,8-9,12-13,21,23,27,32H,2,6-7,10-11,14-20H2,1H3,(H,33,37)(H,39,40)(H,34,35,36)/t27-/m0/s1. The Balaban J connectivity index is 1.16. The van der Waals surface area contributed by atoms with Gasteiger partial charge in [0.1, 0.15) is 29.8 Å². The SMILES string of the molecule is CCc1c(NC[C@H](NCCCc2ccccc2)C(=O)O)ncnc1N1CCC(c2ccc3c(n2)NCCC3)CC1. The van der Waals surface area contributed by atoms with E-state index in [0.29, 0.717) is 12.5 Å². The van der Waals surface area contributed by atoms with E-state index in [-0.39, 0.29) is 6.54 Å². The molecule has 0 unspecified atom stereocenters. The molecular formula is C31H41N7O2. The Labute approximate surface area is 236 Å². The Morgan fingerprint density at radius 1 is 1.15 bits per heavy atom. The highest BCUT2D eigenvalue weighted by atomic mass is 16.4. The van der Waals surface area contributed by atoms with E-state index in [9.17, 15) is 9.90 Å². The van der Waals surface area contributed by atoms with Gasteiger partial charge in [-0.3, -0.25) is 4.79 Å². The molecule has 4 heterocycles. The van der Waals surface area contributed by atoms with E-state index in [1.165, 1.54) is 23.2 Å². The number of aliphatic carboxylic acids is 1. The lowest BCUT2D eigenvalue weighted by Gasteiger charge is -2.34. The number of hydrogen-bond acceptors (Lipinski definition) is 8. The Bertz CT molecular complexity index is 1260. The van der Waals surface area contributed by atoms with Crippen LogP contribution in [-0.4, -0.2) is 64.8 Å². The molecule has 212 valence electrons. The van der Waals surface area contributed by atoms with Crippen molar-refractivity contribution in [2.24, 2.45) is 0 Å². The minimum Gasteiger partial charge on any atom is -0.480 e. The fourth-order valence-electron chi connectivity index (χ4n) is 5.77. The Morgan fingerprint density at radius 3 is 2.75 bits per heavy atom. The molecule has 1 saturated heterocycles. The molecule has 0 bridgehead atoms. The first kappa shape index (κ1) is 27.8. The predicted octanol–water partition coefficient (Wildman–Crippen LogP) is 4.26. The minimum atomic E-state index is -0.868. The van der Waals surface area contributed by atoms with Gasteiger partial charge in [0.05, 0.1) is 0 Å². The lowest BCUT2D eigenvalue weighted by Crippen LogP contribution is -2.43. The average Bonchev–Trinajstić information content (AvgIpc) is 3.00. The van der Waals surface area contributed by atoms with Crippen LogP contribution in [0.15, 0.2) is 48.8 Å². The van der Waals surface area contributed by atoms with E-state index >= 15 is 0 Å². The van der Waals surface area contributed by atoms with Gasteiger partial charge in [-0.25, -0.2) is 15.0 Å². The van der Waals surface area contributed by atoms with Crippen LogP contribution in [0.1, 0.15) is 60.9 Å². The van der Waals surface area contributed by atoms with Gasteiger partial charge >= 0.3 is 5.97 Å². The summed E-state index contributed by atoms with van der Waals surface area (Å²) in [5.74, 6) is 2.30. The summed E-state index contributed by atoms with van der Waals surface area (Å²) < 4.78 is 0. The quantitative estimate of drug-likeness (QED) is 0.249. The summed E-state index contributed by atoms with van der Waals surface area (Å²) in [5, 5.41) is 19.7. The van der Waals surface area contributed by atoms with Gasteiger partial charge in [0, 0.05) is 43.4 Å². The summed E-state index contributed by atoms with van der Waals surface area (Å²) >= 11 is 0. The van der Waals surface area contributed by atoms with Crippen LogP contribution in [0.3, 0.4) is 0 Å². The van der Waals surface area contributed by atoms with E-state index in [0.717, 1.165) is 81.2 Å². The van der Waals surface area contributed by atoms with Crippen molar-refractivity contribution in [1.82, 2.24) is 20.3 Å². The van der Waals surface area contributed by atoms with Crippen molar-refractivity contribution >= 4 is 23.4 Å². The molecule has 2 aromatic heterocycles. The van der Waals surface area contributed by atoms with E-state index in [1.54, 1.807) is 6.33 Å². The molecule has 1 aromatic carbocycles. The van der Waals surface area contributed by atoms with E-state index in [2.05, 4.69) is 62.0 Å². The maximum absolute atomic E-state index is 11.9. The zero-order chi connectivity index (χ0) is 27.7. The third-order valence-corrected chi connectivity index (χ3v) is 8.05. The molecule has 40 heavy (non-hydrogen) atoms. The van der Waals surface area contributed by atoms with Crippen molar-refractivity contribution in [3.8, 4) is 0 Å². The summed E-state index contributed by atoms with van der Waals surface area (Å²) in [7, 11) is 0. The number of benzene rings is 1. The van der Waals surface area contributed by atoms with Crippen LogP contribution < -0.4 is 20.9 Å². The van der Waals surface area contributed by atoms with Gasteiger partial charge in [-0.2, -0.15) is 0 Å². The second-order valence-corrected chi connectivity index (χ2v) is 10.7. The lowest BCUT2D eigenvalue weighted by atomic mass is 9.92. The normalized spacial score (nSPS) is 16.2. The molecule has 0 spiro atoms. The second kappa shape index (κ2) is 13.6. The number of pyridine rings is 1. The summed E-state index contributed by atoms with van der Waals surface area (Å²) in [6.45, 7) is 5.80. The lowest BCUT2D eigenvalue weighted by molar-refractivity contribution is -0.139. The number of nitrogens with one attached hydrogen (secondary N) is 3. The first-order valence-electron chi connectivity index (χ1n) is 14.7. The molecule has 0 aliphatic carbocycles. The first-order chi connectivity index (χ1) is 19.6. The number of piperidine rings is 1. The van der Waals surface area contributed by atoms with Crippen molar-refractivity contribution in [2.45, 2.75) is 63.8 Å². The van der Waals surface area contributed by atoms with Crippen molar-refractivity contribution in [2.75, 3.05) is 48.3 Å². The van der Waals surface area contributed by atoms with Crippen LogP contribution in [0.2, 0.25) is 0 Å².